The van der Waals surface area contributed by atoms with E-state index in [1.165, 1.54) is 6.33 Å². The summed E-state index contributed by atoms with van der Waals surface area (Å²) in [6.45, 7) is 1.98. The molecule has 2 aromatic rings. The predicted octanol–water partition coefficient (Wildman–Crippen LogP) is 1.90. The molecule has 116 valence electrons. The summed E-state index contributed by atoms with van der Waals surface area (Å²) in [6, 6.07) is 7.85. The van der Waals surface area contributed by atoms with Gasteiger partial charge in [-0.1, -0.05) is 12.1 Å². The molecule has 1 aliphatic rings. The fourth-order valence-electron chi connectivity index (χ4n) is 2.90. The number of hydrogen-bond acceptors (Lipinski definition) is 4. The molecule has 22 heavy (non-hydrogen) atoms. The Morgan fingerprint density at radius 2 is 2.36 bits per heavy atom. The van der Waals surface area contributed by atoms with E-state index in [9.17, 15) is 4.79 Å². The zero-order valence-corrected chi connectivity index (χ0v) is 12.7. The SMILES string of the molecule is COCc1cccc(C(=O)N2CCC[C@@H](n3cncn3)C2)c1. The van der Waals surface area contributed by atoms with E-state index in [-0.39, 0.29) is 11.9 Å². The van der Waals surface area contributed by atoms with Gasteiger partial charge in [-0.15, -0.1) is 0 Å². The van der Waals surface area contributed by atoms with Gasteiger partial charge in [-0.05, 0) is 30.5 Å². The van der Waals surface area contributed by atoms with Crippen molar-refractivity contribution >= 4 is 5.91 Å². The molecule has 6 nitrogen and oxygen atoms in total. The van der Waals surface area contributed by atoms with Crippen molar-refractivity contribution in [3.8, 4) is 0 Å². The topological polar surface area (TPSA) is 60.2 Å². The molecule has 1 aromatic heterocycles. The summed E-state index contributed by atoms with van der Waals surface area (Å²) in [5.74, 6) is 0.0720. The minimum Gasteiger partial charge on any atom is -0.380 e. The number of benzene rings is 1. The van der Waals surface area contributed by atoms with Crippen LogP contribution in [-0.2, 0) is 11.3 Å². The number of carbonyl (C=O) groups is 1. The minimum absolute atomic E-state index is 0.0720. The second-order valence-corrected chi connectivity index (χ2v) is 5.56. The average molecular weight is 300 g/mol. The zero-order valence-electron chi connectivity index (χ0n) is 12.7. The summed E-state index contributed by atoms with van der Waals surface area (Å²) in [6.07, 6.45) is 5.26. The molecule has 1 aliphatic heterocycles. The Morgan fingerprint density at radius 1 is 1.45 bits per heavy atom. The Morgan fingerprint density at radius 3 is 3.14 bits per heavy atom. The van der Waals surface area contributed by atoms with Crippen molar-refractivity contribution in [2.45, 2.75) is 25.5 Å². The normalized spacial score (nSPS) is 18.4. The smallest absolute Gasteiger partial charge is 0.253 e. The molecule has 6 heteroatoms. The van der Waals surface area contributed by atoms with E-state index in [4.69, 9.17) is 4.74 Å². The number of aromatic nitrogens is 3. The van der Waals surface area contributed by atoms with E-state index < -0.39 is 0 Å². The van der Waals surface area contributed by atoms with E-state index in [2.05, 4.69) is 10.1 Å². The van der Waals surface area contributed by atoms with Crippen LogP contribution in [0.15, 0.2) is 36.9 Å². The first-order valence-electron chi connectivity index (χ1n) is 7.49. The van der Waals surface area contributed by atoms with Gasteiger partial charge in [-0.2, -0.15) is 5.10 Å². The highest BCUT2D eigenvalue weighted by atomic mass is 16.5. The van der Waals surface area contributed by atoms with Crippen LogP contribution in [0.25, 0.3) is 0 Å². The lowest BCUT2D eigenvalue weighted by Crippen LogP contribution is -2.40. The highest BCUT2D eigenvalue weighted by molar-refractivity contribution is 5.94. The van der Waals surface area contributed by atoms with Gasteiger partial charge in [0.25, 0.3) is 5.91 Å². The number of likely N-dealkylation sites (tertiary alicyclic amines) is 1. The van der Waals surface area contributed by atoms with E-state index in [0.717, 1.165) is 24.9 Å². The molecule has 2 heterocycles. The highest BCUT2D eigenvalue weighted by Crippen LogP contribution is 2.22. The van der Waals surface area contributed by atoms with Crippen LogP contribution < -0.4 is 0 Å². The molecular formula is C16H20N4O2. The molecule has 0 radical (unpaired) electrons. The van der Waals surface area contributed by atoms with Gasteiger partial charge in [0.2, 0.25) is 0 Å². The standard InChI is InChI=1S/C16H20N4O2/c1-22-10-13-4-2-5-14(8-13)16(21)19-7-3-6-15(9-19)20-12-17-11-18-20/h2,4-5,8,11-12,15H,3,6-7,9-10H2,1H3/t15-/m1/s1. The van der Waals surface area contributed by atoms with Crippen LogP contribution in [-0.4, -0.2) is 45.8 Å². The number of methoxy groups -OCH3 is 1. The lowest BCUT2D eigenvalue weighted by molar-refractivity contribution is 0.0672. The van der Waals surface area contributed by atoms with E-state index >= 15 is 0 Å². The summed E-state index contributed by atoms with van der Waals surface area (Å²) in [4.78, 5) is 18.6. The minimum atomic E-state index is 0.0720. The molecular weight excluding hydrogens is 280 g/mol. The number of piperidine rings is 1. The predicted molar refractivity (Wildman–Crippen MR) is 81.4 cm³/mol. The molecule has 1 atom stereocenters. The Labute approximate surface area is 129 Å². The maximum atomic E-state index is 12.7. The molecule has 3 rings (SSSR count). The molecule has 1 aromatic carbocycles. The Kier molecular flexibility index (Phi) is 4.48. The monoisotopic (exact) mass is 300 g/mol. The molecule has 0 saturated carbocycles. The summed E-state index contributed by atoms with van der Waals surface area (Å²) >= 11 is 0. The Hall–Kier alpha value is -2.21. The van der Waals surface area contributed by atoms with Crippen molar-refractivity contribution in [1.82, 2.24) is 19.7 Å². The second kappa shape index (κ2) is 6.70. The summed E-state index contributed by atoms with van der Waals surface area (Å²) in [5.41, 5.74) is 1.73. The Bertz CT molecular complexity index is 627. The van der Waals surface area contributed by atoms with E-state index in [0.29, 0.717) is 18.7 Å². The molecule has 1 amide bonds. The van der Waals surface area contributed by atoms with Gasteiger partial charge in [-0.3, -0.25) is 4.79 Å². The fourth-order valence-corrected chi connectivity index (χ4v) is 2.90. The van der Waals surface area contributed by atoms with Crippen molar-refractivity contribution < 1.29 is 9.53 Å². The molecule has 0 spiro atoms. The molecule has 0 N–H and O–H groups in total. The van der Waals surface area contributed by atoms with Gasteiger partial charge in [0, 0.05) is 25.8 Å². The second-order valence-electron chi connectivity index (χ2n) is 5.56. The van der Waals surface area contributed by atoms with Gasteiger partial charge in [0.15, 0.2) is 0 Å². The average Bonchev–Trinajstić information content (AvgIpc) is 3.09. The molecule has 1 saturated heterocycles. The molecule has 0 aliphatic carbocycles. The van der Waals surface area contributed by atoms with Gasteiger partial charge < -0.3 is 9.64 Å². The largest absolute Gasteiger partial charge is 0.380 e. The van der Waals surface area contributed by atoms with Gasteiger partial charge in [0.1, 0.15) is 12.7 Å². The third-order valence-electron chi connectivity index (χ3n) is 3.98. The van der Waals surface area contributed by atoms with Crippen molar-refractivity contribution in [1.29, 1.82) is 0 Å². The number of carbonyl (C=O) groups excluding carboxylic acids is 1. The van der Waals surface area contributed by atoms with Gasteiger partial charge >= 0.3 is 0 Å². The van der Waals surface area contributed by atoms with Crippen LogP contribution in [0.4, 0.5) is 0 Å². The maximum absolute atomic E-state index is 12.7. The van der Waals surface area contributed by atoms with Crippen molar-refractivity contribution in [3.05, 3.63) is 48.0 Å². The lowest BCUT2D eigenvalue weighted by Gasteiger charge is -2.32. The highest BCUT2D eigenvalue weighted by Gasteiger charge is 2.25. The van der Waals surface area contributed by atoms with Crippen LogP contribution in [0.3, 0.4) is 0 Å². The number of hydrogen-bond donors (Lipinski definition) is 0. The summed E-state index contributed by atoms with van der Waals surface area (Å²) in [7, 11) is 1.65. The first-order chi connectivity index (χ1) is 10.8. The maximum Gasteiger partial charge on any atom is 0.253 e. The quantitative estimate of drug-likeness (QED) is 0.865. The van der Waals surface area contributed by atoms with Crippen molar-refractivity contribution in [2.24, 2.45) is 0 Å². The van der Waals surface area contributed by atoms with Gasteiger partial charge in [-0.25, -0.2) is 9.67 Å². The number of ether oxygens (including phenoxy) is 1. The van der Waals surface area contributed by atoms with Crippen LogP contribution in [0.2, 0.25) is 0 Å². The number of amides is 1. The van der Waals surface area contributed by atoms with Crippen molar-refractivity contribution in [3.63, 3.8) is 0 Å². The number of rotatable bonds is 4. The Balaban J connectivity index is 1.72. The van der Waals surface area contributed by atoms with Gasteiger partial charge in [0.05, 0.1) is 12.6 Å². The van der Waals surface area contributed by atoms with E-state index in [1.807, 2.05) is 33.8 Å². The third kappa shape index (κ3) is 3.17. The zero-order chi connectivity index (χ0) is 15.4. The van der Waals surface area contributed by atoms with Crippen LogP contribution in [0, 0.1) is 0 Å². The first kappa shape index (κ1) is 14.7. The van der Waals surface area contributed by atoms with Crippen LogP contribution in [0.1, 0.15) is 34.8 Å². The summed E-state index contributed by atoms with van der Waals surface area (Å²) < 4.78 is 6.98. The summed E-state index contributed by atoms with van der Waals surface area (Å²) in [5, 5.41) is 4.20. The van der Waals surface area contributed by atoms with Crippen LogP contribution in [0.5, 0.6) is 0 Å². The van der Waals surface area contributed by atoms with Crippen LogP contribution >= 0.6 is 0 Å². The molecule has 1 fully saturated rings. The third-order valence-corrected chi connectivity index (χ3v) is 3.98. The first-order valence-corrected chi connectivity index (χ1v) is 7.49. The lowest BCUT2D eigenvalue weighted by atomic mass is 10.0. The fraction of sp³-hybridized carbons (Fsp3) is 0.438. The molecule has 0 unspecified atom stereocenters. The van der Waals surface area contributed by atoms with E-state index in [1.54, 1.807) is 13.4 Å². The van der Waals surface area contributed by atoms with Crippen molar-refractivity contribution in [2.75, 3.05) is 20.2 Å². The number of nitrogens with zero attached hydrogens (tertiary/aromatic N) is 4. The molecule has 0 bridgehead atoms.